The maximum atomic E-state index is 12.3. The predicted octanol–water partition coefficient (Wildman–Crippen LogP) is 3.02. The van der Waals surface area contributed by atoms with Crippen molar-refractivity contribution in [2.45, 2.75) is 19.6 Å². The summed E-state index contributed by atoms with van der Waals surface area (Å²) in [5.41, 5.74) is 1.08. The van der Waals surface area contributed by atoms with Crippen LogP contribution in [0.1, 0.15) is 35.2 Å². The number of benzene rings is 1. The third-order valence-corrected chi connectivity index (χ3v) is 4.00. The van der Waals surface area contributed by atoms with E-state index < -0.39 is 0 Å². The number of oxazole rings is 1. The molecular formula is C19H17N5O3. The number of nitrogens with zero attached hydrogens (tertiary/aromatic N) is 3. The normalized spacial score (nSPS) is 12.0. The van der Waals surface area contributed by atoms with E-state index in [0.29, 0.717) is 17.5 Å². The minimum atomic E-state index is -0.342. The summed E-state index contributed by atoms with van der Waals surface area (Å²) in [7, 11) is 0. The summed E-state index contributed by atoms with van der Waals surface area (Å²) < 4.78 is 11.0. The maximum absolute atomic E-state index is 12.3. The molecule has 0 aliphatic carbocycles. The second-order valence-electron chi connectivity index (χ2n) is 5.94. The van der Waals surface area contributed by atoms with E-state index in [4.69, 9.17) is 9.15 Å². The molecule has 4 rings (SSSR count). The lowest BCUT2D eigenvalue weighted by atomic mass is 10.2. The highest BCUT2D eigenvalue weighted by molar-refractivity contribution is 5.92. The van der Waals surface area contributed by atoms with Gasteiger partial charge in [0.2, 0.25) is 5.89 Å². The first-order valence-corrected chi connectivity index (χ1v) is 8.41. The van der Waals surface area contributed by atoms with E-state index >= 15 is 0 Å². The Hall–Kier alpha value is -3.68. The van der Waals surface area contributed by atoms with Crippen molar-refractivity contribution in [3.8, 4) is 5.75 Å². The fourth-order valence-electron chi connectivity index (χ4n) is 2.62. The molecule has 4 aromatic rings. The number of H-pyrrole nitrogens is 1. The van der Waals surface area contributed by atoms with Gasteiger partial charge in [-0.05, 0) is 31.2 Å². The van der Waals surface area contributed by atoms with E-state index in [0.717, 1.165) is 10.9 Å². The number of fused-ring (bicyclic) bond motifs is 1. The second kappa shape index (κ2) is 7.28. The zero-order chi connectivity index (χ0) is 18.6. The van der Waals surface area contributed by atoms with Crippen LogP contribution in [-0.4, -0.2) is 25.8 Å². The van der Waals surface area contributed by atoms with Crippen LogP contribution >= 0.6 is 0 Å². The molecule has 8 nitrogen and oxygen atoms in total. The van der Waals surface area contributed by atoms with Crippen LogP contribution in [0.4, 0.5) is 0 Å². The van der Waals surface area contributed by atoms with Crippen molar-refractivity contribution in [1.29, 1.82) is 0 Å². The Morgan fingerprint density at radius 1 is 1.30 bits per heavy atom. The summed E-state index contributed by atoms with van der Waals surface area (Å²) in [6, 6.07) is 9.17. The molecule has 0 radical (unpaired) electrons. The highest BCUT2D eigenvalue weighted by Crippen LogP contribution is 2.20. The smallest absolute Gasteiger partial charge is 0.273 e. The number of aromatic amines is 1. The standard InChI is InChI=1S/C19H17N5O3/c1-12(18-21-7-8-22-18)23-19(25)16-10-27-17(24-16)11-26-14-4-5-15-13(9-14)3-2-6-20-15/h2-10,12H,11H2,1H3,(H,21,22)(H,23,25). The highest BCUT2D eigenvalue weighted by atomic mass is 16.5. The Bertz CT molecular complexity index is 1060. The van der Waals surface area contributed by atoms with Gasteiger partial charge in [-0.15, -0.1) is 0 Å². The molecule has 1 aromatic carbocycles. The van der Waals surface area contributed by atoms with Crippen LogP contribution in [0.2, 0.25) is 0 Å². The number of hydrogen-bond acceptors (Lipinski definition) is 6. The maximum Gasteiger partial charge on any atom is 0.273 e. The Morgan fingerprint density at radius 3 is 3.07 bits per heavy atom. The molecule has 8 heteroatoms. The molecule has 0 fully saturated rings. The van der Waals surface area contributed by atoms with Gasteiger partial charge in [-0.2, -0.15) is 0 Å². The van der Waals surface area contributed by atoms with E-state index in [1.54, 1.807) is 18.6 Å². The van der Waals surface area contributed by atoms with E-state index in [1.165, 1.54) is 6.26 Å². The summed E-state index contributed by atoms with van der Waals surface area (Å²) >= 11 is 0. The zero-order valence-corrected chi connectivity index (χ0v) is 14.5. The molecule has 0 bridgehead atoms. The summed E-state index contributed by atoms with van der Waals surface area (Å²) in [4.78, 5) is 27.8. The minimum Gasteiger partial charge on any atom is -0.484 e. The average Bonchev–Trinajstić information content (AvgIpc) is 3.38. The molecule has 0 aliphatic heterocycles. The first-order chi connectivity index (χ1) is 13.2. The molecular weight excluding hydrogens is 346 g/mol. The number of rotatable bonds is 6. The van der Waals surface area contributed by atoms with Crippen LogP contribution in [0.15, 0.2) is 59.6 Å². The third kappa shape index (κ3) is 3.79. The van der Waals surface area contributed by atoms with Crippen molar-refractivity contribution in [1.82, 2.24) is 25.3 Å². The molecule has 0 aliphatic rings. The predicted molar refractivity (Wildman–Crippen MR) is 97.0 cm³/mol. The van der Waals surface area contributed by atoms with Gasteiger partial charge in [0.05, 0.1) is 11.6 Å². The van der Waals surface area contributed by atoms with Crippen molar-refractivity contribution in [2.24, 2.45) is 0 Å². The van der Waals surface area contributed by atoms with Crippen LogP contribution in [0.25, 0.3) is 10.9 Å². The van der Waals surface area contributed by atoms with Gasteiger partial charge in [0.15, 0.2) is 12.3 Å². The van der Waals surface area contributed by atoms with Gasteiger partial charge >= 0.3 is 0 Å². The quantitative estimate of drug-likeness (QED) is 0.545. The largest absolute Gasteiger partial charge is 0.484 e. The lowest BCUT2D eigenvalue weighted by Crippen LogP contribution is -2.27. The molecule has 1 amide bonds. The van der Waals surface area contributed by atoms with Gasteiger partial charge < -0.3 is 19.5 Å². The number of nitrogens with one attached hydrogen (secondary N) is 2. The number of ether oxygens (including phenoxy) is 1. The summed E-state index contributed by atoms with van der Waals surface area (Å²) in [6.07, 6.45) is 6.39. The monoisotopic (exact) mass is 363 g/mol. The molecule has 3 heterocycles. The Balaban J connectivity index is 1.37. The average molecular weight is 363 g/mol. The Morgan fingerprint density at radius 2 is 2.22 bits per heavy atom. The molecule has 136 valence electrons. The van der Waals surface area contributed by atoms with Gasteiger partial charge in [-0.25, -0.2) is 9.97 Å². The molecule has 3 aromatic heterocycles. The molecule has 0 saturated carbocycles. The number of aromatic nitrogens is 4. The molecule has 1 unspecified atom stereocenters. The number of pyridine rings is 1. The third-order valence-electron chi connectivity index (χ3n) is 4.00. The van der Waals surface area contributed by atoms with Gasteiger partial charge in [0, 0.05) is 24.0 Å². The molecule has 2 N–H and O–H groups in total. The summed E-state index contributed by atoms with van der Waals surface area (Å²) in [5, 5.41) is 3.78. The fraction of sp³-hybridized carbons (Fsp3) is 0.158. The number of carbonyl (C=O) groups is 1. The lowest BCUT2D eigenvalue weighted by Gasteiger charge is -2.09. The number of hydrogen-bond donors (Lipinski definition) is 2. The van der Waals surface area contributed by atoms with Crippen LogP contribution < -0.4 is 10.1 Å². The topological polar surface area (TPSA) is 106 Å². The molecule has 1 atom stereocenters. The van der Waals surface area contributed by atoms with Gasteiger partial charge in [-0.3, -0.25) is 9.78 Å². The number of amides is 1. The second-order valence-corrected chi connectivity index (χ2v) is 5.94. The van der Waals surface area contributed by atoms with Crippen molar-refractivity contribution in [3.05, 3.63) is 72.6 Å². The first-order valence-electron chi connectivity index (χ1n) is 8.41. The van der Waals surface area contributed by atoms with Crippen molar-refractivity contribution in [3.63, 3.8) is 0 Å². The zero-order valence-electron chi connectivity index (χ0n) is 14.5. The van der Waals surface area contributed by atoms with E-state index in [9.17, 15) is 4.79 Å². The van der Waals surface area contributed by atoms with Crippen molar-refractivity contribution >= 4 is 16.8 Å². The van der Waals surface area contributed by atoms with Crippen LogP contribution in [-0.2, 0) is 6.61 Å². The van der Waals surface area contributed by atoms with E-state index in [1.807, 2.05) is 37.3 Å². The minimum absolute atomic E-state index is 0.118. The highest BCUT2D eigenvalue weighted by Gasteiger charge is 2.17. The van der Waals surface area contributed by atoms with Crippen molar-refractivity contribution < 1.29 is 13.9 Å². The van der Waals surface area contributed by atoms with E-state index in [-0.39, 0.29) is 24.2 Å². The SMILES string of the molecule is CC(NC(=O)c1coc(COc2ccc3ncccc3c2)n1)c1ncc[nH]1. The van der Waals surface area contributed by atoms with Crippen LogP contribution in [0.5, 0.6) is 5.75 Å². The Kier molecular flexibility index (Phi) is 4.52. The van der Waals surface area contributed by atoms with E-state index in [2.05, 4.69) is 25.3 Å². The van der Waals surface area contributed by atoms with Crippen LogP contribution in [0, 0.1) is 0 Å². The molecule has 0 saturated heterocycles. The summed E-state index contributed by atoms with van der Waals surface area (Å²) in [6.45, 7) is 1.95. The first kappa shape index (κ1) is 16.8. The Labute approximate surface area is 154 Å². The van der Waals surface area contributed by atoms with Crippen LogP contribution in [0.3, 0.4) is 0 Å². The van der Waals surface area contributed by atoms with Crippen molar-refractivity contribution in [2.75, 3.05) is 0 Å². The van der Waals surface area contributed by atoms with Gasteiger partial charge in [-0.1, -0.05) is 6.07 Å². The fourth-order valence-corrected chi connectivity index (χ4v) is 2.62. The molecule has 0 spiro atoms. The van der Waals surface area contributed by atoms with Gasteiger partial charge in [0.25, 0.3) is 5.91 Å². The lowest BCUT2D eigenvalue weighted by molar-refractivity contribution is 0.0933. The number of carbonyl (C=O) groups excluding carboxylic acids is 1. The molecule has 27 heavy (non-hydrogen) atoms. The number of imidazole rings is 1. The van der Waals surface area contributed by atoms with Gasteiger partial charge in [0.1, 0.15) is 17.8 Å². The summed E-state index contributed by atoms with van der Waals surface area (Å²) in [5.74, 6) is 1.31.